The van der Waals surface area contributed by atoms with Gasteiger partial charge in [-0.2, -0.15) is 0 Å². The molecular formula is C33H34N6O3. The van der Waals surface area contributed by atoms with Crippen LogP contribution in [-0.4, -0.2) is 76.6 Å². The number of amides is 1. The second-order valence-corrected chi connectivity index (χ2v) is 10.5. The van der Waals surface area contributed by atoms with Gasteiger partial charge in [-0.05, 0) is 48.6 Å². The number of nitrogens with zero attached hydrogens (tertiary/aromatic N) is 4. The van der Waals surface area contributed by atoms with E-state index in [0.29, 0.717) is 24.6 Å². The summed E-state index contributed by atoms with van der Waals surface area (Å²) in [4.78, 5) is 28.9. The molecule has 0 atom stereocenters. The molecule has 2 aromatic heterocycles. The molecule has 6 rings (SSSR count). The van der Waals surface area contributed by atoms with Gasteiger partial charge in [-0.3, -0.25) is 9.69 Å². The van der Waals surface area contributed by atoms with Gasteiger partial charge in [0.25, 0.3) is 0 Å². The van der Waals surface area contributed by atoms with Gasteiger partial charge >= 0.3 is 0 Å². The van der Waals surface area contributed by atoms with Gasteiger partial charge in [0.05, 0.1) is 24.3 Å². The largest absolute Gasteiger partial charge is 0.457 e. The lowest BCUT2D eigenvalue weighted by Gasteiger charge is -2.29. The Morgan fingerprint density at radius 1 is 1.02 bits per heavy atom. The van der Waals surface area contributed by atoms with E-state index in [9.17, 15) is 4.79 Å². The highest BCUT2D eigenvalue weighted by molar-refractivity contribution is 6.03. The quantitative estimate of drug-likeness (QED) is 0.263. The number of H-pyrrole nitrogens is 1. The number of carbonyl (C=O) groups is 1. The van der Waals surface area contributed by atoms with Crippen LogP contribution in [0.2, 0.25) is 0 Å². The summed E-state index contributed by atoms with van der Waals surface area (Å²) in [6, 6.07) is 17.5. The van der Waals surface area contributed by atoms with E-state index in [1.807, 2.05) is 65.6 Å². The van der Waals surface area contributed by atoms with Crippen LogP contribution >= 0.6 is 0 Å². The minimum Gasteiger partial charge on any atom is -0.457 e. The summed E-state index contributed by atoms with van der Waals surface area (Å²) < 4.78 is 11.4. The number of morpholine rings is 1. The van der Waals surface area contributed by atoms with Gasteiger partial charge in [0.1, 0.15) is 29.3 Å². The molecule has 2 aromatic carbocycles. The Hall–Kier alpha value is -4.65. The predicted molar refractivity (Wildman–Crippen MR) is 163 cm³/mol. The fourth-order valence-corrected chi connectivity index (χ4v) is 5.35. The lowest BCUT2D eigenvalue weighted by Crippen LogP contribution is -2.38. The van der Waals surface area contributed by atoms with Crippen molar-refractivity contribution in [1.82, 2.24) is 24.8 Å². The van der Waals surface area contributed by atoms with Gasteiger partial charge < -0.3 is 25.1 Å². The van der Waals surface area contributed by atoms with Gasteiger partial charge in [0.2, 0.25) is 5.91 Å². The van der Waals surface area contributed by atoms with Crippen LogP contribution in [0.15, 0.2) is 73.1 Å². The third-order valence-corrected chi connectivity index (χ3v) is 7.68. The first-order valence-electron chi connectivity index (χ1n) is 14.4. The summed E-state index contributed by atoms with van der Waals surface area (Å²) >= 11 is 0. The van der Waals surface area contributed by atoms with Crippen molar-refractivity contribution < 1.29 is 14.3 Å². The first-order valence-corrected chi connectivity index (χ1v) is 14.4. The maximum Gasteiger partial charge on any atom is 0.246 e. The average Bonchev–Trinajstić information content (AvgIpc) is 3.41. The van der Waals surface area contributed by atoms with E-state index in [-0.39, 0.29) is 11.8 Å². The lowest BCUT2D eigenvalue weighted by atomic mass is 9.96. The molecule has 0 bridgehead atoms. The highest BCUT2D eigenvalue weighted by atomic mass is 16.5. The molecule has 2 fully saturated rings. The summed E-state index contributed by atoms with van der Waals surface area (Å²) in [7, 11) is 0. The Morgan fingerprint density at radius 3 is 2.52 bits per heavy atom. The van der Waals surface area contributed by atoms with Crippen molar-refractivity contribution in [3.8, 4) is 34.5 Å². The molecular weight excluding hydrogens is 528 g/mol. The highest BCUT2D eigenvalue weighted by Gasteiger charge is 2.21. The van der Waals surface area contributed by atoms with Gasteiger partial charge in [-0.25, -0.2) is 9.97 Å². The van der Waals surface area contributed by atoms with E-state index < -0.39 is 0 Å². The Morgan fingerprint density at radius 2 is 1.76 bits per heavy atom. The topological polar surface area (TPSA) is 110 Å². The fraction of sp³-hybridized carbons (Fsp3) is 0.303. The maximum atomic E-state index is 12.7. The number of para-hydroxylation sites is 1. The summed E-state index contributed by atoms with van der Waals surface area (Å²) in [6.45, 7) is 5.51. The zero-order valence-electron chi connectivity index (χ0n) is 23.5. The van der Waals surface area contributed by atoms with Crippen molar-refractivity contribution in [3.05, 3.63) is 78.8 Å². The number of likely N-dealkylation sites (tertiary alicyclic amines) is 1. The van der Waals surface area contributed by atoms with Crippen LogP contribution in [0, 0.1) is 17.8 Å². The summed E-state index contributed by atoms with van der Waals surface area (Å²) in [5, 5.41) is 0.753. The molecule has 0 aliphatic carbocycles. The minimum absolute atomic E-state index is 0.0707. The predicted octanol–water partition coefficient (Wildman–Crippen LogP) is 4.48. The fourth-order valence-electron chi connectivity index (χ4n) is 5.35. The Bertz CT molecular complexity index is 1610. The molecule has 4 heterocycles. The summed E-state index contributed by atoms with van der Waals surface area (Å²) in [5.41, 5.74) is 9.52. The number of ether oxygens (including phenoxy) is 2. The number of carbonyl (C=O) groups excluding carboxylic acids is 1. The molecule has 4 aromatic rings. The number of benzene rings is 2. The summed E-state index contributed by atoms with van der Waals surface area (Å²) in [5.74, 6) is 9.00. The van der Waals surface area contributed by atoms with Crippen molar-refractivity contribution in [1.29, 1.82) is 0 Å². The average molecular weight is 563 g/mol. The lowest BCUT2D eigenvalue weighted by molar-refractivity contribution is -0.127. The van der Waals surface area contributed by atoms with Gasteiger partial charge in [0, 0.05) is 50.3 Å². The van der Waals surface area contributed by atoms with Gasteiger partial charge in [0.15, 0.2) is 0 Å². The number of nitrogen functional groups attached to an aromatic ring is 1. The van der Waals surface area contributed by atoms with Crippen molar-refractivity contribution in [3.63, 3.8) is 0 Å². The van der Waals surface area contributed by atoms with Crippen LogP contribution in [0.25, 0.3) is 22.2 Å². The Labute approximate surface area is 245 Å². The second-order valence-electron chi connectivity index (χ2n) is 10.5. The number of hydrogen-bond donors (Lipinski definition) is 2. The molecule has 2 saturated heterocycles. The Balaban J connectivity index is 1.14. The molecule has 1 amide bonds. The van der Waals surface area contributed by atoms with Gasteiger partial charge in [-0.1, -0.05) is 42.3 Å². The van der Waals surface area contributed by atoms with Crippen LogP contribution < -0.4 is 10.5 Å². The van der Waals surface area contributed by atoms with E-state index in [0.717, 1.165) is 79.4 Å². The van der Waals surface area contributed by atoms with Crippen molar-refractivity contribution in [2.24, 2.45) is 5.92 Å². The zero-order chi connectivity index (χ0) is 28.7. The van der Waals surface area contributed by atoms with Crippen LogP contribution in [0.5, 0.6) is 11.5 Å². The van der Waals surface area contributed by atoms with Crippen molar-refractivity contribution >= 4 is 22.8 Å². The van der Waals surface area contributed by atoms with Crippen molar-refractivity contribution in [2.45, 2.75) is 12.8 Å². The normalized spacial score (nSPS) is 16.4. The molecule has 214 valence electrons. The minimum atomic E-state index is 0.0707. The molecule has 0 spiro atoms. The molecule has 2 aliphatic heterocycles. The number of nitrogens with two attached hydrogens (primary N) is 1. The number of hydrogen-bond acceptors (Lipinski definition) is 7. The highest BCUT2D eigenvalue weighted by Crippen LogP contribution is 2.35. The molecule has 9 nitrogen and oxygen atoms in total. The maximum absolute atomic E-state index is 12.7. The third-order valence-electron chi connectivity index (χ3n) is 7.68. The number of piperidine rings is 1. The molecule has 0 unspecified atom stereocenters. The second kappa shape index (κ2) is 12.9. The van der Waals surface area contributed by atoms with Crippen molar-refractivity contribution in [2.75, 3.05) is 51.7 Å². The molecule has 42 heavy (non-hydrogen) atoms. The van der Waals surface area contributed by atoms with Crippen LogP contribution in [0.4, 0.5) is 5.82 Å². The molecule has 9 heteroatoms. The SMILES string of the molecule is Nc1ncnc2[nH]c(C#CC3CCN(C(=O)/C=C/CN4CCOCC4)CC3)c(-c3ccc(Oc4ccccc4)cc3)c12. The third kappa shape index (κ3) is 6.46. The van der Waals surface area contributed by atoms with E-state index in [2.05, 4.69) is 31.7 Å². The number of nitrogens with one attached hydrogen (secondary N) is 1. The number of fused-ring (bicyclic) bond motifs is 1. The smallest absolute Gasteiger partial charge is 0.246 e. The molecule has 2 aliphatic rings. The first-order chi connectivity index (χ1) is 20.6. The van der Waals surface area contributed by atoms with E-state index >= 15 is 0 Å². The van der Waals surface area contributed by atoms with Crippen LogP contribution in [0.1, 0.15) is 18.5 Å². The van der Waals surface area contributed by atoms with E-state index in [1.54, 1.807) is 6.08 Å². The molecule has 0 saturated carbocycles. The van der Waals surface area contributed by atoms with E-state index in [4.69, 9.17) is 15.2 Å². The van der Waals surface area contributed by atoms with Crippen LogP contribution in [0.3, 0.4) is 0 Å². The first kappa shape index (κ1) is 27.5. The molecule has 3 N–H and O–H groups in total. The summed E-state index contributed by atoms with van der Waals surface area (Å²) in [6.07, 6.45) is 6.79. The number of aromatic amines is 1. The number of aromatic nitrogens is 3. The standard InChI is InChI=1S/C33H34N6O3/c34-32-31-30(25-9-11-27(12-10-25)42-26-5-2-1-3-6-26)28(37-33(31)36-23-35-32)13-8-24-14-17-39(18-15-24)29(40)7-4-16-38-19-21-41-22-20-38/h1-7,9-12,23-24H,14-22H2,(H3,34,35,36,37)/b7-4+. The van der Waals surface area contributed by atoms with Gasteiger partial charge in [-0.15, -0.1) is 0 Å². The number of rotatable bonds is 6. The van der Waals surface area contributed by atoms with Crippen LogP contribution in [-0.2, 0) is 9.53 Å². The monoisotopic (exact) mass is 562 g/mol. The van der Waals surface area contributed by atoms with E-state index in [1.165, 1.54) is 6.33 Å². The zero-order valence-corrected chi connectivity index (χ0v) is 23.5. The number of anilines is 1. The molecule has 0 radical (unpaired) electrons. The Kier molecular flexibility index (Phi) is 8.45.